The molecule has 1 saturated carbocycles. The monoisotopic (exact) mass is 426 g/mol. The topological polar surface area (TPSA) is 65.5 Å². The molecule has 1 N–H and O–H groups in total. The first-order valence-electron chi connectivity index (χ1n) is 12.3. The number of carbonyl (C=O) groups excluding carboxylic acids is 2. The van der Waals surface area contributed by atoms with Gasteiger partial charge in [0, 0.05) is 43.0 Å². The van der Waals surface area contributed by atoms with Gasteiger partial charge in [-0.3, -0.25) is 14.6 Å². The standard InChI is InChI=1S/C25H38N4O2/c1-2-28-16-9-20(10-17-28)6-15-27-23(30)22-18-29(19-25(22)11-4-3-5-12-25)24(31)21-7-13-26-14-8-21/h7-8,13-14,20,22H,2-6,9-12,15-19H2,1H3,(H,27,30)/t22-/m1/s1. The molecule has 31 heavy (non-hydrogen) atoms. The molecule has 6 heteroatoms. The number of nitrogens with zero attached hydrogens (tertiary/aromatic N) is 3. The maximum atomic E-state index is 13.3. The van der Waals surface area contributed by atoms with Gasteiger partial charge in [-0.05, 0) is 69.8 Å². The van der Waals surface area contributed by atoms with E-state index in [1.807, 2.05) is 4.90 Å². The van der Waals surface area contributed by atoms with Crippen LogP contribution < -0.4 is 5.32 Å². The number of likely N-dealkylation sites (tertiary alicyclic amines) is 2. The minimum absolute atomic E-state index is 0.0327. The summed E-state index contributed by atoms with van der Waals surface area (Å²) >= 11 is 0. The highest BCUT2D eigenvalue weighted by Gasteiger charge is 2.51. The molecule has 2 saturated heterocycles. The Bertz CT molecular complexity index is 739. The van der Waals surface area contributed by atoms with Crippen molar-refractivity contribution in [2.45, 2.75) is 58.3 Å². The van der Waals surface area contributed by atoms with E-state index in [-0.39, 0.29) is 23.1 Å². The van der Waals surface area contributed by atoms with E-state index in [0.717, 1.165) is 51.1 Å². The molecular formula is C25H38N4O2. The summed E-state index contributed by atoms with van der Waals surface area (Å²) < 4.78 is 0. The molecule has 0 aromatic carbocycles. The van der Waals surface area contributed by atoms with Crippen LogP contribution in [0.5, 0.6) is 0 Å². The molecule has 0 bridgehead atoms. The second kappa shape index (κ2) is 10.1. The number of pyridine rings is 1. The van der Waals surface area contributed by atoms with Crippen molar-refractivity contribution in [2.24, 2.45) is 17.3 Å². The predicted octanol–water partition coefficient (Wildman–Crippen LogP) is 3.34. The highest BCUT2D eigenvalue weighted by Crippen LogP contribution is 2.48. The quantitative estimate of drug-likeness (QED) is 0.758. The van der Waals surface area contributed by atoms with Crippen LogP contribution in [0.15, 0.2) is 24.5 Å². The van der Waals surface area contributed by atoms with E-state index in [4.69, 9.17) is 0 Å². The van der Waals surface area contributed by atoms with Crippen molar-refractivity contribution in [1.82, 2.24) is 20.1 Å². The van der Waals surface area contributed by atoms with Gasteiger partial charge in [0.15, 0.2) is 0 Å². The zero-order valence-electron chi connectivity index (χ0n) is 19.0. The van der Waals surface area contributed by atoms with Gasteiger partial charge in [0.1, 0.15) is 0 Å². The first-order chi connectivity index (χ1) is 15.1. The lowest BCUT2D eigenvalue weighted by molar-refractivity contribution is -0.128. The number of hydrogen-bond acceptors (Lipinski definition) is 4. The first kappa shape index (κ1) is 22.3. The maximum absolute atomic E-state index is 13.3. The molecule has 1 aliphatic carbocycles. The van der Waals surface area contributed by atoms with Crippen LogP contribution in [0.4, 0.5) is 0 Å². The predicted molar refractivity (Wildman–Crippen MR) is 122 cm³/mol. The molecule has 3 aliphatic rings. The summed E-state index contributed by atoms with van der Waals surface area (Å²) in [6.07, 6.45) is 12.6. The van der Waals surface area contributed by atoms with Crippen LogP contribution in [-0.4, -0.2) is 65.9 Å². The van der Waals surface area contributed by atoms with E-state index in [2.05, 4.69) is 22.1 Å². The smallest absolute Gasteiger partial charge is 0.254 e. The number of aromatic nitrogens is 1. The first-order valence-corrected chi connectivity index (χ1v) is 12.3. The Hall–Kier alpha value is -1.95. The molecule has 1 spiro atoms. The third-order valence-corrected chi connectivity index (χ3v) is 8.03. The largest absolute Gasteiger partial charge is 0.356 e. The summed E-state index contributed by atoms with van der Waals surface area (Å²) in [5.41, 5.74) is 0.623. The van der Waals surface area contributed by atoms with Gasteiger partial charge in [0.2, 0.25) is 5.91 Å². The van der Waals surface area contributed by atoms with Gasteiger partial charge >= 0.3 is 0 Å². The molecule has 1 aromatic rings. The average Bonchev–Trinajstić information content (AvgIpc) is 3.18. The zero-order valence-corrected chi connectivity index (χ0v) is 19.0. The van der Waals surface area contributed by atoms with Crippen LogP contribution in [0.1, 0.15) is 68.6 Å². The number of nitrogens with one attached hydrogen (secondary N) is 1. The summed E-state index contributed by atoms with van der Waals surface area (Å²) in [5, 5.41) is 3.27. The van der Waals surface area contributed by atoms with Crippen molar-refractivity contribution in [3.8, 4) is 0 Å². The van der Waals surface area contributed by atoms with E-state index in [1.165, 1.54) is 32.4 Å². The van der Waals surface area contributed by atoms with Gasteiger partial charge in [0.05, 0.1) is 5.92 Å². The summed E-state index contributed by atoms with van der Waals surface area (Å²) in [7, 11) is 0. The molecule has 0 radical (unpaired) electrons. The second-order valence-electron chi connectivity index (χ2n) is 9.85. The number of piperidine rings is 1. The van der Waals surface area contributed by atoms with E-state index in [9.17, 15) is 9.59 Å². The van der Waals surface area contributed by atoms with Gasteiger partial charge in [-0.15, -0.1) is 0 Å². The lowest BCUT2D eigenvalue weighted by Gasteiger charge is -2.37. The van der Waals surface area contributed by atoms with Crippen molar-refractivity contribution < 1.29 is 9.59 Å². The van der Waals surface area contributed by atoms with Gasteiger partial charge in [-0.2, -0.15) is 0 Å². The Balaban J connectivity index is 1.35. The molecule has 1 atom stereocenters. The minimum atomic E-state index is -0.0828. The summed E-state index contributed by atoms with van der Waals surface area (Å²) in [5.74, 6) is 0.837. The Morgan fingerprint density at radius 1 is 1.13 bits per heavy atom. The molecule has 3 fully saturated rings. The third kappa shape index (κ3) is 5.11. The summed E-state index contributed by atoms with van der Waals surface area (Å²) in [6.45, 7) is 7.76. The van der Waals surface area contributed by atoms with E-state index < -0.39 is 0 Å². The maximum Gasteiger partial charge on any atom is 0.254 e. The van der Waals surface area contributed by atoms with Crippen LogP contribution in [0.3, 0.4) is 0 Å². The van der Waals surface area contributed by atoms with Crippen LogP contribution in [0, 0.1) is 17.3 Å². The minimum Gasteiger partial charge on any atom is -0.356 e. The fraction of sp³-hybridized carbons (Fsp3) is 0.720. The molecular weight excluding hydrogens is 388 g/mol. The average molecular weight is 427 g/mol. The number of hydrogen-bond donors (Lipinski definition) is 1. The Morgan fingerprint density at radius 2 is 1.84 bits per heavy atom. The van der Waals surface area contributed by atoms with Crippen molar-refractivity contribution in [1.29, 1.82) is 0 Å². The third-order valence-electron chi connectivity index (χ3n) is 8.03. The summed E-state index contributed by atoms with van der Waals surface area (Å²) in [6, 6.07) is 3.54. The molecule has 6 nitrogen and oxygen atoms in total. The van der Waals surface area contributed by atoms with Crippen molar-refractivity contribution in [3.05, 3.63) is 30.1 Å². The molecule has 170 valence electrons. The molecule has 4 rings (SSSR count). The van der Waals surface area contributed by atoms with Crippen molar-refractivity contribution >= 4 is 11.8 Å². The lowest BCUT2D eigenvalue weighted by atomic mass is 9.67. The Morgan fingerprint density at radius 3 is 2.52 bits per heavy atom. The van der Waals surface area contributed by atoms with Gasteiger partial charge in [-0.25, -0.2) is 0 Å². The van der Waals surface area contributed by atoms with Crippen LogP contribution in [-0.2, 0) is 4.79 Å². The van der Waals surface area contributed by atoms with E-state index in [0.29, 0.717) is 18.7 Å². The van der Waals surface area contributed by atoms with Crippen LogP contribution in [0.25, 0.3) is 0 Å². The number of amides is 2. The molecule has 3 heterocycles. The number of rotatable bonds is 6. The second-order valence-corrected chi connectivity index (χ2v) is 9.85. The molecule has 0 unspecified atom stereocenters. The zero-order chi connectivity index (χ0) is 21.7. The Kier molecular flexibility index (Phi) is 7.26. The molecule has 2 amide bonds. The van der Waals surface area contributed by atoms with E-state index in [1.54, 1.807) is 24.5 Å². The van der Waals surface area contributed by atoms with Gasteiger partial charge in [-0.1, -0.05) is 26.2 Å². The normalized spacial score (nSPS) is 24.4. The number of carbonyl (C=O) groups is 2. The Labute approximate surface area is 186 Å². The lowest BCUT2D eigenvalue weighted by Crippen LogP contribution is -2.43. The fourth-order valence-corrected chi connectivity index (χ4v) is 6.04. The fourth-order valence-electron chi connectivity index (χ4n) is 6.04. The van der Waals surface area contributed by atoms with Crippen molar-refractivity contribution in [2.75, 3.05) is 39.3 Å². The molecule has 2 aliphatic heterocycles. The van der Waals surface area contributed by atoms with Crippen LogP contribution >= 0.6 is 0 Å². The van der Waals surface area contributed by atoms with Gasteiger partial charge < -0.3 is 15.1 Å². The highest BCUT2D eigenvalue weighted by atomic mass is 16.2. The highest BCUT2D eigenvalue weighted by molar-refractivity contribution is 5.95. The molecule has 1 aromatic heterocycles. The SMILES string of the molecule is CCN1CCC(CCNC(=O)[C@H]2CN(C(=O)c3ccncc3)CC23CCCCC3)CC1. The summed E-state index contributed by atoms with van der Waals surface area (Å²) in [4.78, 5) is 34.8. The van der Waals surface area contributed by atoms with E-state index >= 15 is 0 Å². The van der Waals surface area contributed by atoms with Crippen molar-refractivity contribution in [3.63, 3.8) is 0 Å². The van der Waals surface area contributed by atoms with Gasteiger partial charge in [0.25, 0.3) is 5.91 Å². The van der Waals surface area contributed by atoms with Crippen LogP contribution in [0.2, 0.25) is 0 Å².